The van der Waals surface area contributed by atoms with Crippen LogP contribution >= 0.6 is 0 Å². The van der Waals surface area contributed by atoms with E-state index in [9.17, 15) is 9.59 Å². The van der Waals surface area contributed by atoms with Gasteiger partial charge in [-0.2, -0.15) is 10.2 Å². The van der Waals surface area contributed by atoms with E-state index in [0.29, 0.717) is 16.8 Å². The van der Waals surface area contributed by atoms with E-state index >= 15 is 0 Å². The molecule has 22 heavy (non-hydrogen) atoms. The third kappa shape index (κ3) is 2.51. The molecule has 0 spiro atoms. The van der Waals surface area contributed by atoms with Crippen LogP contribution in [-0.2, 0) is 0 Å². The number of carbonyl (C=O) groups is 2. The van der Waals surface area contributed by atoms with E-state index < -0.39 is 5.92 Å². The lowest BCUT2D eigenvalue weighted by Gasteiger charge is -2.03. The zero-order valence-corrected chi connectivity index (χ0v) is 12.1. The Hall–Kier alpha value is -2.88. The fourth-order valence-corrected chi connectivity index (χ4v) is 2.51. The van der Waals surface area contributed by atoms with Gasteiger partial charge in [-0.05, 0) is 12.5 Å². The van der Waals surface area contributed by atoms with Crippen LogP contribution in [0.4, 0.5) is 0 Å². The summed E-state index contributed by atoms with van der Waals surface area (Å²) in [6.45, 7) is 1.66. The first-order chi connectivity index (χ1) is 10.7. The molecule has 0 unspecified atom stereocenters. The first-order valence-electron chi connectivity index (χ1n) is 6.98. The Bertz CT molecular complexity index is 757. The Morgan fingerprint density at radius 2 is 1.45 bits per heavy atom. The van der Waals surface area contributed by atoms with Crippen LogP contribution in [0.25, 0.3) is 0 Å². The van der Waals surface area contributed by atoms with Crippen molar-refractivity contribution in [3.05, 3.63) is 71.3 Å². The van der Waals surface area contributed by atoms with Crippen molar-refractivity contribution in [2.45, 2.75) is 6.92 Å². The summed E-state index contributed by atoms with van der Waals surface area (Å²) in [6.07, 6.45) is 1.60. The molecular formula is C18H14N2O2. The minimum absolute atomic E-state index is 0.197. The van der Waals surface area contributed by atoms with Crippen molar-refractivity contribution < 1.29 is 9.59 Å². The van der Waals surface area contributed by atoms with Gasteiger partial charge in [0.2, 0.25) is 0 Å². The highest BCUT2D eigenvalue weighted by Gasteiger charge is 2.40. The highest BCUT2D eigenvalue weighted by atomic mass is 16.2. The average Bonchev–Trinajstić information content (AvgIpc) is 2.80. The van der Waals surface area contributed by atoms with E-state index in [-0.39, 0.29) is 11.6 Å². The van der Waals surface area contributed by atoms with Crippen LogP contribution in [0.2, 0.25) is 0 Å². The maximum absolute atomic E-state index is 12.3. The molecule has 0 atom stereocenters. The number of nitrogens with zero attached hydrogens (tertiary/aromatic N) is 2. The number of Topliss-reactive ketones (excluding diaryl/α,β-unsaturated/α-hetero) is 2. The summed E-state index contributed by atoms with van der Waals surface area (Å²) in [6, 6.07) is 16.4. The van der Waals surface area contributed by atoms with E-state index in [2.05, 4.69) is 10.2 Å². The molecule has 2 aromatic rings. The Labute approximate surface area is 128 Å². The normalized spacial score (nSPS) is 15.6. The number of hydrogen-bond donors (Lipinski definition) is 0. The largest absolute Gasteiger partial charge is 0.293 e. The van der Waals surface area contributed by atoms with Crippen molar-refractivity contribution in [1.82, 2.24) is 0 Å². The van der Waals surface area contributed by atoms with Crippen LogP contribution in [0.3, 0.4) is 0 Å². The van der Waals surface area contributed by atoms with Crippen LogP contribution in [0.1, 0.15) is 33.2 Å². The number of rotatable bonds is 3. The third-order valence-electron chi connectivity index (χ3n) is 3.62. The minimum Gasteiger partial charge on any atom is -0.293 e. The predicted octanol–water partition coefficient (Wildman–Crippen LogP) is 3.18. The molecule has 0 heterocycles. The van der Waals surface area contributed by atoms with Crippen molar-refractivity contribution in [2.75, 3.05) is 0 Å². The van der Waals surface area contributed by atoms with Gasteiger partial charge in [0.15, 0.2) is 11.6 Å². The van der Waals surface area contributed by atoms with Crippen molar-refractivity contribution >= 4 is 23.5 Å². The highest BCUT2D eigenvalue weighted by molar-refractivity contribution is 6.36. The summed E-state index contributed by atoms with van der Waals surface area (Å²) in [4.78, 5) is 24.7. The molecule has 0 radical (unpaired) electrons. The molecule has 2 aromatic carbocycles. The molecule has 1 aliphatic rings. The lowest BCUT2D eigenvalue weighted by Crippen LogP contribution is -2.23. The maximum atomic E-state index is 12.3. The number of hydrogen-bond acceptors (Lipinski definition) is 4. The molecule has 3 rings (SSSR count). The first kappa shape index (κ1) is 14.1. The first-order valence-corrected chi connectivity index (χ1v) is 6.98. The second kappa shape index (κ2) is 5.85. The summed E-state index contributed by atoms with van der Waals surface area (Å²) in [5.41, 5.74) is 2.27. The van der Waals surface area contributed by atoms with Gasteiger partial charge >= 0.3 is 0 Å². The van der Waals surface area contributed by atoms with Crippen LogP contribution in [0, 0.1) is 5.92 Å². The van der Waals surface area contributed by atoms with Crippen LogP contribution < -0.4 is 0 Å². The fourth-order valence-electron chi connectivity index (χ4n) is 2.51. The van der Waals surface area contributed by atoms with E-state index in [1.165, 1.54) is 0 Å². The van der Waals surface area contributed by atoms with Gasteiger partial charge < -0.3 is 0 Å². The third-order valence-corrected chi connectivity index (χ3v) is 3.62. The molecule has 1 aliphatic carbocycles. The second-order valence-electron chi connectivity index (χ2n) is 5.10. The Balaban J connectivity index is 1.83. The number of carbonyl (C=O) groups excluding carboxylic acids is 2. The van der Waals surface area contributed by atoms with E-state index in [1.54, 1.807) is 37.4 Å². The molecule has 0 aromatic heterocycles. The van der Waals surface area contributed by atoms with E-state index in [1.807, 2.05) is 30.3 Å². The molecule has 4 nitrogen and oxygen atoms in total. The van der Waals surface area contributed by atoms with Crippen molar-refractivity contribution in [2.24, 2.45) is 16.1 Å². The highest BCUT2D eigenvalue weighted by Crippen LogP contribution is 2.27. The van der Waals surface area contributed by atoms with Gasteiger partial charge in [-0.25, -0.2) is 0 Å². The minimum atomic E-state index is -0.842. The number of benzene rings is 2. The van der Waals surface area contributed by atoms with Crippen molar-refractivity contribution in [3.8, 4) is 0 Å². The number of ketones is 2. The second-order valence-corrected chi connectivity index (χ2v) is 5.10. The van der Waals surface area contributed by atoms with Crippen molar-refractivity contribution in [1.29, 1.82) is 0 Å². The topological polar surface area (TPSA) is 58.9 Å². The zero-order valence-electron chi connectivity index (χ0n) is 12.1. The van der Waals surface area contributed by atoms with E-state index in [4.69, 9.17) is 0 Å². The van der Waals surface area contributed by atoms with Crippen LogP contribution in [-0.4, -0.2) is 23.5 Å². The molecule has 0 saturated heterocycles. The summed E-state index contributed by atoms with van der Waals surface area (Å²) in [7, 11) is 0. The fraction of sp³-hybridized carbons (Fsp3) is 0.111. The molecule has 4 heteroatoms. The Kier molecular flexibility index (Phi) is 3.74. The Morgan fingerprint density at radius 3 is 2.05 bits per heavy atom. The summed E-state index contributed by atoms with van der Waals surface area (Å²) in [5, 5.41) is 8.01. The quantitative estimate of drug-likeness (QED) is 0.495. The molecule has 0 saturated carbocycles. The molecule has 108 valence electrons. The monoisotopic (exact) mass is 290 g/mol. The molecule has 0 N–H and O–H groups in total. The zero-order chi connectivity index (χ0) is 15.5. The summed E-state index contributed by atoms with van der Waals surface area (Å²) < 4.78 is 0. The predicted molar refractivity (Wildman–Crippen MR) is 85.7 cm³/mol. The van der Waals surface area contributed by atoms with Gasteiger partial charge in [0.1, 0.15) is 5.92 Å². The smallest absolute Gasteiger partial charge is 0.180 e. The molecule has 0 fully saturated rings. The lowest BCUT2D eigenvalue weighted by molar-refractivity contribution is 0.0883. The summed E-state index contributed by atoms with van der Waals surface area (Å²) >= 11 is 0. The summed E-state index contributed by atoms with van der Waals surface area (Å²) in [5.74, 6) is -1.24. The SMILES string of the molecule is C/C(=N\N=C\c1ccccc1)C1C(=O)c2ccccc2C1=O. The van der Waals surface area contributed by atoms with Gasteiger partial charge in [0.05, 0.1) is 11.9 Å². The van der Waals surface area contributed by atoms with Gasteiger partial charge in [0.25, 0.3) is 0 Å². The molecule has 0 bridgehead atoms. The van der Waals surface area contributed by atoms with Gasteiger partial charge in [-0.1, -0.05) is 54.6 Å². The molecule has 0 aliphatic heterocycles. The lowest BCUT2D eigenvalue weighted by atomic mass is 9.99. The maximum Gasteiger partial charge on any atom is 0.180 e. The average molecular weight is 290 g/mol. The van der Waals surface area contributed by atoms with Gasteiger partial charge in [-0.3, -0.25) is 9.59 Å². The Morgan fingerprint density at radius 1 is 0.909 bits per heavy atom. The van der Waals surface area contributed by atoms with E-state index in [0.717, 1.165) is 5.56 Å². The van der Waals surface area contributed by atoms with Crippen LogP contribution in [0.5, 0.6) is 0 Å². The van der Waals surface area contributed by atoms with Crippen molar-refractivity contribution in [3.63, 3.8) is 0 Å². The van der Waals surface area contributed by atoms with Gasteiger partial charge in [-0.15, -0.1) is 0 Å². The standard InChI is InChI=1S/C18H14N2O2/c1-12(20-19-11-13-7-3-2-4-8-13)16-17(21)14-9-5-6-10-15(14)18(16)22/h2-11,16H,1H3/b19-11+,20-12+. The van der Waals surface area contributed by atoms with Gasteiger partial charge in [0, 0.05) is 11.1 Å². The molecule has 0 amide bonds. The molecular weight excluding hydrogens is 276 g/mol. The van der Waals surface area contributed by atoms with Crippen LogP contribution in [0.15, 0.2) is 64.8 Å². The number of fused-ring (bicyclic) bond motifs is 1.